The molecule has 1 aromatic rings. The maximum Gasteiger partial charge on any atom is 0.124 e. The van der Waals surface area contributed by atoms with Crippen LogP contribution in [-0.2, 0) is 0 Å². The maximum absolute atomic E-state index is 5.76. The van der Waals surface area contributed by atoms with Crippen molar-refractivity contribution in [2.45, 2.75) is 25.9 Å². The molecule has 0 spiro atoms. The molecule has 0 aliphatic heterocycles. The second-order valence-corrected chi connectivity index (χ2v) is 3.55. The quantitative estimate of drug-likeness (QED) is 0.766. The summed E-state index contributed by atoms with van der Waals surface area (Å²) in [5.74, 6) is 1.02. The zero-order chi connectivity index (χ0) is 9.26. The zero-order valence-electron chi connectivity index (χ0n) is 8.13. The summed E-state index contributed by atoms with van der Waals surface area (Å²) in [5, 5.41) is 3.11. The molecule has 0 saturated heterocycles. The van der Waals surface area contributed by atoms with Crippen LogP contribution in [0.5, 0.6) is 5.75 Å². The molecular formula is C11H15NO. The van der Waals surface area contributed by atoms with Gasteiger partial charge in [-0.3, -0.25) is 0 Å². The minimum absolute atomic E-state index is 0.478. The normalized spacial score (nSPS) is 15.5. The van der Waals surface area contributed by atoms with Gasteiger partial charge in [-0.1, -0.05) is 6.07 Å². The predicted molar refractivity (Wildman–Crippen MR) is 54.4 cm³/mol. The van der Waals surface area contributed by atoms with E-state index < -0.39 is 0 Å². The first-order valence-electron chi connectivity index (χ1n) is 4.74. The Morgan fingerprint density at radius 1 is 1.38 bits per heavy atom. The second-order valence-electron chi connectivity index (χ2n) is 3.55. The Labute approximate surface area is 78.9 Å². The number of hydrogen-bond acceptors (Lipinski definition) is 2. The molecule has 2 rings (SSSR count). The van der Waals surface area contributed by atoms with E-state index in [0.29, 0.717) is 6.10 Å². The van der Waals surface area contributed by atoms with E-state index in [1.807, 2.05) is 7.05 Å². The van der Waals surface area contributed by atoms with Gasteiger partial charge in [0.25, 0.3) is 0 Å². The number of ether oxygens (including phenoxy) is 1. The van der Waals surface area contributed by atoms with Gasteiger partial charge in [-0.25, -0.2) is 0 Å². The molecule has 1 saturated carbocycles. The van der Waals surface area contributed by atoms with Gasteiger partial charge in [0, 0.05) is 18.8 Å². The monoisotopic (exact) mass is 177 g/mol. The molecule has 0 heterocycles. The lowest BCUT2D eigenvalue weighted by Gasteiger charge is -2.09. The summed E-state index contributed by atoms with van der Waals surface area (Å²) in [7, 11) is 1.92. The van der Waals surface area contributed by atoms with E-state index in [4.69, 9.17) is 4.74 Å². The first-order chi connectivity index (χ1) is 6.29. The Kier molecular flexibility index (Phi) is 2.13. The summed E-state index contributed by atoms with van der Waals surface area (Å²) in [4.78, 5) is 0. The number of anilines is 1. The van der Waals surface area contributed by atoms with Gasteiger partial charge in [0.2, 0.25) is 0 Å². The number of aryl methyl sites for hydroxylation is 1. The molecule has 0 unspecified atom stereocenters. The van der Waals surface area contributed by atoms with Gasteiger partial charge in [0.1, 0.15) is 5.75 Å². The molecule has 2 heteroatoms. The van der Waals surface area contributed by atoms with Crippen LogP contribution in [0.4, 0.5) is 5.69 Å². The highest BCUT2D eigenvalue weighted by atomic mass is 16.5. The number of nitrogens with one attached hydrogen (secondary N) is 1. The Morgan fingerprint density at radius 2 is 2.15 bits per heavy atom. The van der Waals surface area contributed by atoms with Crippen molar-refractivity contribution in [1.29, 1.82) is 0 Å². The SMILES string of the molecule is CNc1ccc(C)c(OC2CC2)c1. The Hall–Kier alpha value is -1.18. The zero-order valence-corrected chi connectivity index (χ0v) is 8.13. The molecule has 0 atom stereocenters. The Bertz CT molecular complexity index is 305. The van der Waals surface area contributed by atoms with Crippen LogP contribution >= 0.6 is 0 Å². The molecule has 1 fully saturated rings. The van der Waals surface area contributed by atoms with E-state index in [1.54, 1.807) is 0 Å². The summed E-state index contributed by atoms with van der Waals surface area (Å²) >= 11 is 0. The van der Waals surface area contributed by atoms with Gasteiger partial charge in [0.05, 0.1) is 6.10 Å². The van der Waals surface area contributed by atoms with Crippen molar-refractivity contribution in [3.63, 3.8) is 0 Å². The molecule has 0 aromatic heterocycles. The van der Waals surface area contributed by atoms with Crippen molar-refractivity contribution in [2.75, 3.05) is 12.4 Å². The van der Waals surface area contributed by atoms with Crippen LogP contribution in [0.15, 0.2) is 18.2 Å². The Balaban J connectivity index is 2.19. The van der Waals surface area contributed by atoms with Crippen LogP contribution in [0.25, 0.3) is 0 Å². The largest absolute Gasteiger partial charge is 0.490 e. The van der Waals surface area contributed by atoms with Crippen molar-refractivity contribution in [1.82, 2.24) is 0 Å². The predicted octanol–water partition coefficient (Wildman–Crippen LogP) is 2.58. The third kappa shape index (κ3) is 1.94. The maximum atomic E-state index is 5.76. The highest BCUT2D eigenvalue weighted by Gasteiger charge is 2.24. The summed E-state index contributed by atoms with van der Waals surface area (Å²) in [6.07, 6.45) is 2.90. The molecule has 1 aliphatic rings. The van der Waals surface area contributed by atoms with Gasteiger partial charge >= 0.3 is 0 Å². The van der Waals surface area contributed by atoms with Gasteiger partial charge in [-0.2, -0.15) is 0 Å². The van der Waals surface area contributed by atoms with Crippen molar-refractivity contribution >= 4 is 5.69 Å². The average Bonchev–Trinajstić information content (AvgIpc) is 2.93. The molecule has 0 radical (unpaired) electrons. The molecule has 0 amide bonds. The fourth-order valence-corrected chi connectivity index (χ4v) is 1.25. The van der Waals surface area contributed by atoms with E-state index in [-0.39, 0.29) is 0 Å². The number of benzene rings is 1. The van der Waals surface area contributed by atoms with Gasteiger partial charge in [-0.15, -0.1) is 0 Å². The molecular weight excluding hydrogens is 162 g/mol. The summed E-state index contributed by atoms with van der Waals surface area (Å²) in [6, 6.07) is 6.21. The topological polar surface area (TPSA) is 21.3 Å². The van der Waals surface area contributed by atoms with Crippen molar-refractivity contribution < 1.29 is 4.74 Å². The highest BCUT2D eigenvalue weighted by Crippen LogP contribution is 2.30. The first kappa shape index (κ1) is 8.42. The highest BCUT2D eigenvalue weighted by molar-refractivity contribution is 5.51. The summed E-state index contributed by atoms with van der Waals surface area (Å²) in [6.45, 7) is 2.08. The lowest BCUT2D eigenvalue weighted by Crippen LogP contribution is -1.98. The first-order valence-corrected chi connectivity index (χ1v) is 4.74. The molecule has 70 valence electrons. The minimum Gasteiger partial charge on any atom is -0.490 e. The van der Waals surface area contributed by atoms with Gasteiger partial charge in [0.15, 0.2) is 0 Å². The molecule has 2 nitrogen and oxygen atoms in total. The van der Waals surface area contributed by atoms with Gasteiger partial charge in [-0.05, 0) is 31.4 Å². The molecule has 1 N–H and O–H groups in total. The number of rotatable bonds is 3. The van der Waals surface area contributed by atoms with E-state index >= 15 is 0 Å². The molecule has 13 heavy (non-hydrogen) atoms. The van der Waals surface area contributed by atoms with E-state index in [2.05, 4.69) is 30.4 Å². The molecule has 1 aromatic carbocycles. The van der Waals surface area contributed by atoms with Crippen LogP contribution in [0, 0.1) is 6.92 Å². The van der Waals surface area contributed by atoms with Crippen LogP contribution in [-0.4, -0.2) is 13.2 Å². The Morgan fingerprint density at radius 3 is 2.77 bits per heavy atom. The lowest BCUT2D eigenvalue weighted by atomic mass is 10.2. The average molecular weight is 177 g/mol. The number of hydrogen-bond donors (Lipinski definition) is 1. The smallest absolute Gasteiger partial charge is 0.124 e. The third-order valence-electron chi connectivity index (χ3n) is 2.29. The van der Waals surface area contributed by atoms with Crippen LogP contribution in [0.1, 0.15) is 18.4 Å². The van der Waals surface area contributed by atoms with Crippen LogP contribution in [0.3, 0.4) is 0 Å². The minimum atomic E-state index is 0.478. The van der Waals surface area contributed by atoms with Crippen molar-refractivity contribution in [3.8, 4) is 5.75 Å². The summed E-state index contributed by atoms with van der Waals surface area (Å²) < 4.78 is 5.76. The summed E-state index contributed by atoms with van der Waals surface area (Å²) in [5.41, 5.74) is 2.33. The van der Waals surface area contributed by atoms with E-state index in [9.17, 15) is 0 Å². The van der Waals surface area contributed by atoms with E-state index in [1.165, 1.54) is 18.4 Å². The van der Waals surface area contributed by atoms with Crippen LogP contribution < -0.4 is 10.1 Å². The standard InChI is InChI=1S/C11H15NO/c1-8-3-4-9(12-2)7-11(8)13-10-5-6-10/h3-4,7,10,12H,5-6H2,1-2H3. The van der Waals surface area contributed by atoms with E-state index in [0.717, 1.165) is 11.4 Å². The van der Waals surface area contributed by atoms with Crippen molar-refractivity contribution in [3.05, 3.63) is 23.8 Å². The molecule has 1 aliphatic carbocycles. The van der Waals surface area contributed by atoms with Crippen molar-refractivity contribution in [2.24, 2.45) is 0 Å². The van der Waals surface area contributed by atoms with Crippen LogP contribution in [0.2, 0.25) is 0 Å². The molecule has 0 bridgehead atoms. The fraction of sp³-hybridized carbons (Fsp3) is 0.455. The second kappa shape index (κ2) is 3.29. The fourth-order valence-electron chi connectivity index (χ4n) is 1.25. The third-order valence-corrected chi connectivity index (χ3v) is 2.29. The lowest BCUT2D eigenvalue weighted by molar-refractivity contribution is 0.301. The van der Waals surface area contributed by atoms with Gasteiger partial charge < -0.3 is 10.1 Å².